The zero-order chi connectivity index (χ0) is 19.0. The minimum atomic E-state index is -0.0634. The van der Waals surface area contributed by atoms with E-state index < -0.39 is 0 Å². The Morgan fingerprint density at radius 2 is 2.00 bits per heavy atom. The zero-order valence-electron chi connectivity index (χ0n) is 16.1. The standard InChI is InChI=1S/C19H29BrN6/c1-5-17-25-24-14-26(17)12-11-22-18(21-6-2)23-13-19(3,4)15-9-7-8-10-16(15)20/h7-10,14H,5-6,11-13H2,1-4H3,(H2,21,22,23). The van der Waals surface area contributed by atoms with Crippen LogP contribution in [0.5, 0.6) is 0 Å². The number of aliphatic imine (C=N–C) groups is 1. The number of hydrogen-bond acceptors (Lipinski definition) is 3. The molecule has 0 saturated carbocycles. The fourth-order valence-electron chi connectivity index (χ4n) is 2.75. The van der Waals surface area contributed by atoms with E-state index in [1.54, 1.807) is 6.33 Å². The molecule has 7 heteroatoms. The van der Waals surface area contributed by atoms with E-state index >= 15 is 0 Å². The van der Waals surface area contributed by atoms with Gasteiger partial charge in [-0.05, 0) is 18.6 Å². The Hall–Kier alpha value is -1.89. The molecule has 0 bridgehead atoms. The maximum Gasteiger partial charge on any atom is 0.191 e. The Bertz CT molecular complexity index is 722. The molecule has 2 rings (SSSR count). The van der Waals surface area contributed by atoms with E-state index in [0.29, 0.717) is 6.54 Å². The summed E-state index contributed by atoms with van der Waals surface area (Å²) in [5.74, 6) is 1.84. The van der Waals surface area contributed by atoms with Gasteiger partial charge in [0, 0.05) is 35.9 Å². The molecule has 0 aliphatic rings. The largest absolute Gasteiger partial charge is 0.357 e. The van der Waals surface area contributed by atoms with Crippen LogP contribution in [0.1, 0.15) is 39.1 Å². The first-order valence-electron chi connectivity index (χ1n) is 9.11. The summed E-state index contributed by atoms with van der Waals surface area (Å²) in [5, 5.41) is 14.8. The average Bonchev–Trinajstić information content (AvgIpc) is 3.07. The molecule has 0 saturated heterocycles. The van der Waals surface area contributed by atoms with Crippen molar-refractivity contribution in [3.63, 3.8) is 0 Å². The van der Waals surface area contributed by atoms with Gasteiger partial charge in [0.1, 0.15) is 12.2 Å². The van der Waals surface area contributed by atoms with Crippen molar-refractivity contribution in [2.45, 2.75) is 46.1 Å². The van der Waals surface area contributed by atoms with Crippen LogP contribution < -0.4 is 10.6 Å². The van der Waals surface area contributed by atoms with Crippen LogP contribution in [0.4, 0.5) is 0 Å². The Balaban J connectivity index is 1.98. The first-order chi connectivity index (χ1) is 12.5. The summed E-state index contributed by atoms with van der Waals surface area (Å²) in [4.78, 5) is 4.80. The predicted octanol–water partition coefficient (Wildman–Crippen LogP) is 3.14. The molecule has 0 spiro atoms. The second-order valence-corrected chi connectivity index (χ2v) is 7.63. The van der Waals surface area contributed by atoms with E-state index in [2.05, 4.69) is 87.2 Å². The molecule has 6 nitrogen and oxygen atoms in total. The smallest absolute Gasteiger partial charge is 0.191 e. The summed E-state index contributed by atoms with van der Waals surface area (Å²) in [6.45, 7) is 11.7. The van der Waals surface area contributed by atoms with Gasteiger partial charge in [-0.2, -0.15) is 0 Å². The van der Waals surface area contributed by atoms with Crippen molar-refractivity contribution in [1.82, 2.24) is 25.4 Å². The third-order valence-electron chi connectivity index (χ3n) is 4.24. The lowest BCUT2D eigenvalue weighted by Gasteiger charge is -2.25. The summed E-state index contributed by atoms with van der Waals surface area (Å²) in [6.07, 6.45) is 2.66. The van der Waals surface area contributed by atoms with Gasteiger partial charge in [0.2, 0.25) is 0 Å². The third kappa shape index (κ3) is 5.56. The van der Waals surface area contributed by atoms with Crippen LogP contribution >= 0.6 is 15.9 Å². The van der Waals surface area contributed by atoms with E-state index in [9.17, 15) is 0 Å². The lowest BCUT2D eigenvalue weighted by Crippen LogP contribution is -2.40. The highest BCUT2D eigenvalue weighted by Gasteiger charge is 2.22. The zero-order valence-corrected chi connectivity index (χ0v) is 17.7. The molecule has 0 atom stereocenters. The molecule has 1 aromatic carbocycles. The van der Waals surface area contributed by atoms with Gasteiger partial charge in [-0.15, -0.1) is 10.2 Å². The van der Waals surface area contributed by atoms with Crippen molar-refractivity contribution < 1.29 is 0 Å². The molecule has 1 aromatic heterocycles. The summed E-state index contributed by atoms with van der Waals surface area (Å²) < 4.78 is 3.19. The molecule has 0 amide bonds. The van der Waals surface area contributed by atoms with Crippen LogP contribution in [-0.2, 0) is 18.4 Å². The van der Waals surface area contributed by atoms with Crippen molar-refractivity contribution in [3.8, 4) is 0 Å². The molecule has 0 fully saturated rings. The quantitative estimate of drug-likeness (QED) is 0.508. The lowest BCUT2D eigenvalue weighted by molar-refractivity contribution is 0.534. The van der Waals surface area contributed by atoms with Gasteiger partial charge in [-0.3, -0.25) is 4.99 Å². The summed E-state index contributed by atoms with van der Waals surface area (Å²) in [7, 11) is 0. The van der Waals surface area contributed by atoms with Gasteiger partial charge < -0.3 is 15.2 Å². The van der Waals surface area contributed by atoms with E-state index in [0.717, 1.165) is 42.3 Å². The fourth-order valence-corrected chi connectivity index (χ4v) is 3.57. The minimum Gasteiger partial charge on any atom is -0.357 e. The monoisotopic (exact) mass is 420 g/mol. The Labute approximate surface area is 164 Å². The Kier molecular flexibility index (Phi) is 7.63. The molecule has 1 heterocycles. The van der Waals surface area contributed by atoms with Gasteiger partial charge >= 0.3 is 0 Å². The van der Waals surface area contributed by atoms with Crippen LogP contribution in [-0.4, -0.2) is 40.4 Å². The summed E-state index contributed by atoms with van der Waals surface area (Å²) >= 11 is 3.65. The maximum atomic E-state index is 4.80. The van der Waals surface area contributed by atoms with Gasteiger partial charge in [-0.25, -0.2) is 0 Å². The Morgan fingerprint density at radius 3 is 2.69 bits per heavy atom. The van der Waals surface area contributed by atoms with Crippen molar-refractivity contribution in [2.24, 2.45) is 4.99 Å². The number of nitrogens with zero attached hydrogens (tertiary/aromatic N) is 4. The van der Waals surface area contributed by atoms with Crippen molar-refractivity contribution in [3.05, 3.63) is 46.5 Å². The van der Waals surface area contributed by atoms with Crippen LogP contribution in [0, 0.1) is 0 Å². The molecule has 142 valence electrons. The highest BCUT2D eigenvalue weighted by Crippen LogP contribution is 2.30. The maximum absolute atomic E-state index is 4.80. The molecule has 2 aromatic rings. The Morgan fingerprint density at radius 1 is 1.23 bits per heavy atom. The number of benzene rings is 1. The molecular weight excluding hydrogens is 392 g/mol. The second kappa shape index (κ2) is 9.71. The summed E-state index contributed by atoms with van der Waals surface area (Å²) in [5.41, 5.74) is 1.20. The van der Waals surface area contributed by atoms with Crippen LogP contribution in [0.3, 0.4) is 0 Å². The van der Waals surface area contributed by atoms with Gasteiger partial charge in [0.15, 0.2) is 5.96 Å². The molecule has 26 heavy (non-hydrogen) atoms. The van der Waals surface area contributed by atoms with E-state index in [-0.39, 0.29) is 5.41 Å². The van der Waals surface area contributed by atoms with Gasteiger partial charge in [-0.1, -0.05) is 54.9 Å². The number of hydrogen-bond donors (Lipinski definition) is 2. The highest BCUT2D eigenvalue weighted by atomic mass is 79.9. The van der Waals surface area contributed by atoms with Crippen molar-refractivity contribution in [2.75, 3.05) is 19.6 Å². The van der Waals surface area contributed by atoms with E-state index in [1.807, 2.05) is 6.07 Å². The highest BCUT2D eigenvalue weighted by molar-refractivity contribution is 9.10. The first-order valence-corrected chi connectivity index (χ1v) is 9.91. The van der Waals surface area contributed by atoms with E-state index in [1.165, 1.54) is 5.56 Å². The van der Waals surface area contributed by atoms with Crippen LogP contribution in [0.15, 0.2) is 40.1 Å². The lowest BCUT2D eigenvalue weighted by atomic mass is 9.85. The molecule has 0 aliphatic carbocycles. The van der Waals surface area contributed by atoms with Crippen LogP contribution in [0.25, 0.3) is 0 Å². The molecular formula is C19H29BrN6. The number of nitrogens with one attached hydrogen (secondary N) is 2. The van der Waals surface area contributed by atoms with Crippen molar-refractivity contribution >= 4 is 21.9 Å². The number of aryl methyl sites for hydroxylation is 1. The number of aromatic nitrogens is 3. The molecule has 0 radical (unpaired) electrons. The first kappa shape index (κ1) is 20.4. The fraction of sp³-hybridized carbons (Fsp3) is 0.526. The number of halogens is 1. The molecule has 0 aliphatic heterocycles. The van der Waals surface area contributed by atoms with Crippen LogP contribution in [0.2, 0.25) is 0 Å². The van der Waals surface area contributed by atoms with E-state index in [4.69, 9.17) is 4.99 Å². The topological polar surface area (TPSA) is 67.1 Å². The van der Waals surface area contributed by atoms with Crippen molar-refractivity contribution in [1.29, 1.82) is 0 Å². The molecule has 2 N–H and O–H groups in total. The second-order valence-electron chi connectivity index (χ2n) is 6.78. The third-order valence-corrected chi connectivity index (χ3v) is 4.93. The molecule has 0 unspecified atom stereocenters. The van der Waals surface area contributed by atoms with Gasteiger partial charge in [0.25, 0.3) is 0 Å². The summed E-state index contributed by atoms with van der Waals surface area (Å²) in [6, 6.07) is 8.33. The number of guanidine groups is 1. The minimum absolute atomic E-state index is 0.0634. The number of rotatable bonds is 8. The normalized spacial score (nSPS) is 12.3. The predicted molar refractivity (Wildman–Crippen MR) is 111 cm³/mol. The average molecular weight is 421 g/mol. The van der Waals surface area contributed by atoms with Gasteiger partial charge in [0.05, 0.1) is 6.54 Å². The SMILES string of the molecule is CCNC(=NCC(C)(C)c1ccccc1Br)NCCn1cnnc1CC.